The Morgan fingerprint density at radius 2 is 1.41 bits per heavy atom. The van der Waals surface area contributed by atoms with Crippen molar-refractivity contribution in [3.63, 3.8) is 0 Å². The first-order chi connectivity index (χ1) is 8.08. The first-order valence-electron chi connectivity index (χ1n) is 5.34. The maximum atomic E-state index is 5.91. The lowest BCUT2D eigenvalue weighted by Gasteiger charge is -2.11. The zero-order chi connectivity index (χ0) is 12.4. The van der Waals surface area contributed by atoms with Crippen LogP contribution in [-0.4, -0.2) is 0 Å². The van der Waals surface area contributed by atoms with Crippen LogP contribution in [0.1, 0.15) is 11.1 Å². The van der Waals surface area contributed by atoms with Crippen LogP contribution in [0.4, 0.5) is 22.7 Å². The smallest absolute Gasteiger partial charge is 0.0370 e. The average Bonchev–Trinajstić information content (AvgIpc) is 2.28. The van der Waals surface area contributed by atoms with E-state index in [4.69, 9.17) is 22.9 Å². The van der Waals surface area contributed by atoms with E-state index in [-0.39, 0.29) is 0 Å². The van der Waals surface area contributed by atoms with Crippen molar-refractivity contribution < 1.29 is 0 Å². The van der Waals surface area contributed by atoms with E-state index in [1.165, 1.54) is 0 Å². The Kier molecular flexibility index (Phi) is 2.78. The SMILES string of the molecule is Nc1ccc(N)c(Cc2c(N)cccc2N)c1. The van der Waals surface area contributed by atoms with Crippen molar-refractivity contribution in [1.29, 1.82) is 0 Å². The molecule has 0 aromatic heterocycles. The molecule has 0 aliphatic carbocycles. The lowest BCUT2D eigenvalue weighted by molar-refractivity contribution is 1.21. The van der Waals surface area contributed by atoms with Crippen LogP contribution in [0.3, 0.4) is 0 Å². The van der Waals surface area contributed by atoms with Gasteiger partial charge in [-0.2, -0.15) is 0 Å². The monoisotopic (exact) mass is 228 g/mol. The van der Waals surface area contributed by atoms with Gasteiger partial charge in [0.15, 0.2) is 0 Å². The quantitative estimate of drug-likeness (QED) is 0.586. The highest BCUT2D eigenvalue weighted by Gasteiger charge is 2.07. The summed E-state index contributed by atoms with van der Waals surface area (Å²) in [5.74, 6) is 0. The van der Waals surface area contributed by atoms with E-state index in [1.54, 1.807) is 12.1 Å². The molecule has 0 aliphatic rings. The number of hydrogen-bond acceptors (Lipinski definition) is 4. The van der Waals surface area contributed by atoms with Crippen molar-refractivity contribution >= 4 is 22.7 Å². The van der Waals surface area contributed by atoms with Crippen molar-refractivity contribution in [2.24, 2.45) is 0 Å². The minimum atomic E-state index is 0.593. The average molecular weight is 228 g/mol. The van der Waals surface area contributed by atoms with Gasteiger partial charge in [-0.1, -0.05) is 6.07 Å². The third-order valence-electron chi connectivity index (χ3n) is 2.78. The maximum Gasteiger partial charge on any atom is 0.0370 e. The zero-order valence-electron chi connectivity index (χ0n) is 9.48. The Hall–Kier alpha value is -2.36. The van der Waals surface area contributed by atoms with Crippen molar-refractivity contribution in [2.45, 2.75) is 6.42 Å². The van der Waals surface area contributed by atoms with E-state index in [1.807, 2.05) is 24.3 Å². The molecular formula is C13H16N4. The van der Waals surface area contributed by atoms with Crippen LogP contribution in [-0.2, 0) is 6.42 Å². The molecule has 0 atom stereocenters. The van der Waals surface area contributed by atoms with E-state index in [2.05, 4.69) is 0 Å². The van der Waals surface area contributed by atoms with E-state index < -0.39 is 0 Å². The van der Waals surface area contributed by atoms with Gasteiger partial charge in [0.1, 0.15) is 0 Å². The zero-order valence-corrected chi connectivity index (χ0v) is 9.48. The highest BCUT2D eigenvalue weighted by molar-refractivity contribution is 5.65. The number of nitrogens with two attached hydrogens (primary N) is 4. The summed E-state index contributed by atoms with van der Waals surface area (Å²) in [6, 6.07) is 10.9. The molecule has 0 spiro atoms. The molecule has 2 rings (SSSR count). The van der Waals surface area contributed by atoms with Crippen LogP contribution in [0.2, 0.25) is 0 Å². The summed E-state index contributed by atoms with van der Waals surface area (Å²) in [7, 11) is 0. The van der Waals surface area contributed by atoms with Crippen LogP contribution in [0.15, 0.2) is 36.4 Å². The fourth-order valence-electron chi connectivity index (χ4n) is 1.80. The van der Waals surface area contributed by atoms with Crippen molar-refractivity contribution in [3.05, 3.63) is 47.5 Å². The third kappa shape index (κ3) is 2.25. The number of hydrogen-bond donors (Lipinski definition) is 4. The van der Waals surface area contributed by atoms with Crippen molar-refractivity contribution in [3.8, 4) is 0 Å². The second-order valence-corrected chi connectivity index (χ2v) is 4.05. The Labute approximate surface area is 100 Å². The largest absolute Gasteiger partial charge is 0.399 e. The molecule has 0 unspecified atom stereocenters. The molecule has 0 saturated carbocycles. The van der Waals surface area contributed by atoms with E-state index in [0.717, 1.165) is 11.1 Å². The molecule has 4 heteroatoms. The van der Waals surface area contributed by atoms with Gasteiger partial charge >= 0.3 is 0 Å². The molecule has 17 heavy (non-hydrogen) atoms. The predicted molar refractivity (Wildman–Crippen MR) is 73.3 cm³/mol. The molecule has 2 aromatic rings. The fourth-order valence-corrected chi connectivity index (χ4v) is 1.80. The summed E-state index contributed by atoms with van der Waals surface area (Å²) < 4.78 is 0. The van der Waals surface area contributed by atoms with Gasteiger partial charge < -0.3 is 22.9 Å². The van der Waals surface area contributed by atoms with Crippen molar-refractivity contribution in [2.75, 3.05) is 22.9 Å². The first kappa shape index (κ1) is 11.1. The Morgan fingerprint density at radius 3 is 2.06 bits per heavy atom. The van der Waals surface area contributed by atoms with Gasteiger partial charge in [0.05, 0.1) is 0 Å². The minimum absolute atomic E-state index is 0.593. The molecule has 88 valence electrons. The van der Waals surface area contributed by atoms with Gasteiger partial charge in [0.25, 0.3) is 0 Å². The topological polar surface area (TPSA) is 104 Å². The molecule has 0 heterocycles. The number of rotatable bonds is 2. The van der Waals surface area contributed by atoms with Gasteiger partial charge in [0.2, 0.25) is 0 Å². The van der Waals surface area contributed by atoms with E-state index in [0.29, 0.717) is 29.2 Å². The number of benzene rings is 2. The van der Waals surface area contributed by atoms with Crippen LogP contribution < -0.4 is 22.9 Å². The molecule has 0 radical (unpaired) electrons. The number of nitrogen functional groups attached to an aromatic ring is 4. The second-order valence-electron chi connectivity index (χ2n) is 4.05. The summed E-state index contributed by atoms with van der Waals surface area (Å²) in [6.07, 6.45) is 0.593. The van der Waals surface area contributed by atoms with Crippen molar-refractivity contribution in [1.82, 2.24) is 0 Å². The van der Waals surface area contributed by atoms with Crippen LogP contribution >= 0.6 is 0 Å². The maximum absolute atomic E-state index is 5.91. The fraction of sp³-hybridized carbons (Fsp3) is 0.0769. The molecular weight excluding hydrogens is 212 g/mol. The summed E-state index contributed by atoms with van der Waals surface area (Å²) >= 11 is 0. The van der Waals surface area contributed by atoms with E-state index in [9.17, 15) is 0 Å². The molecule has 0 saturated heterocycles. The number of anilines is 4. The van der Waals surface area contributed by atoms with Crippen LogP contribution in [0.5, 0.6) is 0 Å². The molecule has 0 aliphatic heterocycles. The minimum Gasteiger partial charge on any atom is -0.399 e. The van der Waals surface area contributed by atoms with Gasteiger partial charge in [-0.25, -0.2) is 0 Å². The summed E-state index contributed by atoms with van der Waals surface area (Å²) in [5, 5.41) is 0. The molecule has 0 bridgehead atoms. The standard InChI is InChI=1S/C13H16N4/c14-9-4-5-11(15)8(6-9)7-10-12(16)2-1-3-13(10)17/h1-6H,7,14-17H2. The van der Waals surface area contributed by atoms with Gasteiger partial charge in [0, 0.05) is 34.7 Å². The highest BCUT2D eigenvalue weighted by Crippen LogP contribution is 2.26. The predicted octanol–water partition coefficient (Wildman–Crippen LogP) is 1.61. The Bertz CT molecular complexity index is 529. The normalized spacial score (nSPS) is 10.4. The Balaban J connectivity index is 2.41. The van der Waals surface area contributed by atoms with E-state index >= 15 is 0 Å². The Morgan fingerprint density at radius 1 is 0.765 bits per heavy atom. The molecule has 0 fully saturated rings. The van der Waals surface area contributed by atoms with Gasteiger partial charge in [-0.15, -0.1) is 0 Å². The first-order valence-corrected chi connectivity index (χ1v) is 5.34. The summed E-state index contributed by atoms with van der Waals surface area (Å²) in [5.41, 5.74) is 28.0. The van der Waals surface area contributed by atoms with Crippen LogP contribution in [0, 0.1) is 0 Å². The lowest BCUT2D eigenvalue weighted by atomic mass is 10.00. The highest BCUT2D eigenvalue weighted by atomic mass is 14.6. The third-order valence-corrected chi connectivity index (χ3v) is 2.78. The summed E-state index contributed by atoms with van der Waals surface area (Å²) in [4.78, 5) is 0. The van der Waals surface area contributed by atoms with Crippen LogP contribution in [0.25, 0.3) is 0 Å². The molecule has 8 N–H and O–H groups in total. The summed E-state index contributed by atoms with van der Waals surface area (Å²) in [6.45, 7) is 0. The van der Waals surface area contributed by atoms with Gasteiger partial charge in [-0.05, 0) is 35.9 Å². The lowest BCUT2D eigenvalue weighted by Crippen LogP contribution is -2.03. The molecule has 0 amide bonds. The van der Waals surface area contributed by atoms with Gasteiger partial charge in [-0.3, -0.25) is 0 Å². The molecule has 2 aromatic carbocycles. The molecule has 4 nitrogen and oxygen atoms in total. The second kappa shape index (κ2) is 4.25.